The number of rotatable bonds is 4. The van der Waals surface area contributed by atoms with E-state index in [1.165, 1.54) is 10.5 Å². The normalized spacial score (nSPS) is 16.5. The van der Waals surface area contributed by atoms with E-state index in [-0.39, 0.29) is 11.9 Å². The number of carbonyl (C=O) groups is 1. The highest BCUT2D eigenvalue weighted by Gasteiger charge is 2.21. The second-order valence-electron chi connectivity index (χ2n) is 5.78. The molecule has 0 saturated heterocycles. The molecule has 0 unspecified atom stereocenters. The molecular weight excluding hydrogens is 306 g/mol. The van der Waals surface area contributed by atoms with E-state index in [0.717, 1.165) is 29.1 Å². The van der Waals surface area contributed by atoms with Crippen molar-refractivity contribution in [3.05, 3.63) is 59.2 Å². The summed E-state index contributed by atoms with van der Waals surface area (Å²) in [5.41, 5.74) is 3.29. The number of thioether (sulfide) groups is 1. The molecule has 0 bridgehead atoms. The van der Waals surface area contributed by atoms with E-state index < -0.39 is 0 Å². The van der Waals surface area contributed by atoms with Crippen LogP contribution in [0.1, 0.15) is 29.2 Å². The minimum atomic E-state index is 0.0580. The van der Waals surface area contributed by atoms with Crippen LogP contribution >= 0.6 is 11.8 Å². The van der Waals surface area contributed by atoms with Gasteiger partial charge in [0, 0.05) is 10.6 Å². The van der Waals surface area contributed by atoms with Crippen molar-refractivity contribution >= 4 is 17.7 Å². The summed E-state index contributed by atoms with van der Waals surface area (Å²) in [6.07, 6.45) is 1.35. The van der Waals surface area contributed by atoms with Gasteiger partial charge in [0.05, 0.1) is 19.6 Å². The van der Waals surface area contributed by atoms with Crippen molar-refractivity contribution in [1.29, 1.82) is 0 Å². The lowest BCUT2D eigenvalue weighted by atomic mass is 10.0. The highest BCUT2D eigenvalue weighted by atomic mass is 32.2. The zero-order valence-corrected chi connectivity index (χ0v) is 14.3. The van der Waals surface area contributed by atoms with Gasteiger partial charge in [-0.15, -0.1) is 11.8 Å². The van der Waals surface area contributed by atoms with Crippen molar-refractivity contribution in [1.82, 2.24) is 5.32 Å². The summed E-state index contributed by atoms with van der Waals surface area (Å²) in [5.74, 6) is 1.93. The molecule has 0 aromatic heterocycles. The predicted molar refractivity (Wildman–Crippen MR) is 94.1 cm³/mol. The smallest absolute Gasteiger partial charge is 0.224 e. The van der Waals surface area contributed by atoms with Crippen molar-refractivity contribution in [2.24, 2.45) is 0 Å². The largest absolute Gasteiger partial charge is 0.496 e. The summed E-state index contributed by atoms with van der Waals surface area (Å²) in [6, 6.07) is 14.4. The number of hydrogen-bond donors (Lipinski definition) is 1. The molecule has 1 N–H and O–H groups in total. The molecule has 0 saturated carbocycles. The molecule has 0 aliphatic carbocycles. The van der Waals surface area contributed by atoms with Crippen LogP contribution in [0.15, 0.2) is 47.4 Å². The number of methoxy groups -OCH3 is 1. The van der Waals surface area contributed by atoms with Gasteiger partial charge in [-0.2, -0.15) is 0 Å². The Morgan fingerprint density at radius 2 is 2.13 bits per heavy atom. The van der Waals surface area contributed by atoms with E-state index in [0.29, 0.717) is 6.42 Å². The van der Waals surface area contributed by atoms with Gasteiger partial charge in [-0.25, -0.2) is 0 Å². The van der Waals surface area contributed by atoms with Crippen molar-refractivity contribution in [3.8, 4) is 5.75 Å². The lowest BCUT2D eigenvalue weighted by Crippen LogP contribution is -2.31. The van der Waals surface area contributed by atoms with E-state index >= 15 is 0 Å². The number of ether oxygens (including phenoxy) is 1. The Bertz CT molecular complexity index is 714. The van der Waals surface area contributed by atoms with E-state index in [4.69, 9.17) is 4.74 Å². The highest BCUT2D eigenvalue weighted by molar-refractivity contribution is 7.99. The summed E-state index contributed by atoms with van der Waals surface area (Å²) < 4.78 is 5.33. The standard InChI is InChI=1S/C19H21NO2S/c1-13-7-8-14(11-17(13)22-2)12-19(21)20-16-9-10-23-18-6-4-3-5-15(16)18/h3-8,11,16H,9-10,12H2,1-2H3,(H,20,21)/t16-/m1/s1. The maximum Gasteiger partial charge on any atom is 0.224 e. The third-order valence-corrected chi connectivity index (χ3v) is 5.25. The van der Waals surface area contributed by atoms with Crippen LogP contribution in [0.5, 0.6) is 5.75 Å². The van der Waals surface area contributed by atoms with Crippen LogP contribution in [-0.4, -0.2) is 18.8 Å². The number of hydrogen-bond acceptors (Lipinski definition) is 3. The van der Waals surface area contributed by atoms with Crippen LogP contribution in [0, 0.1) is 6.92 Å². The number of nitrogens with one attached hydrogen (secondary N) is 1. The molecule has 23 heavy (non-hydrogen) atoms. The molecule has 1 aliphatic rings. The van der Waals surface area contributed by atoms with Crippen LogP contribution in [-0.2, 0) is 11.2 Å². The number of amides is 1. The molecule has 1 heterocycles. The van der Waals surface area contributed by atoms with Gasteiger partial charge in [-0.1, -0.05) is 30.3 Å². The minimum absolute atomic E-state index is 0.0580. The fourth-order valence-electron chi connectivity index (χ4n) is 2.90. The molecule has 120 valence electrons. The molecule has 2 aromatic rings. The van der Waals surface area contributed by atoms with E-state index in [1.807, 2.05) is 43.0 Å². The second kappa shape index (κ2) is 7.09. The lowest BCUT2D eigenvalue weighted by Gasteiger charge is -2.26. The molecule has 1 amide bonds. The Morgan fingerprint density at radius 1 is 1.30 bits per heavy atom. The summed E-state index contributed by atoms with van der Waals surface area (Å²) in [4.78, 5) is 13.7. The molecule has 4 heteroatoms. The molecule has 0 spiro atoms. The molecule has 0 fully saturated rings. The number of carbonyl (C=O) groups excluding carboxylic acids is 1. The first kappa shape index (κ1) is 15.9. The molecule has 3 rings (SSSR count). The quantitative estimate of drug-likeness (QED) is 0.925. The highest BCUT2D eigenvalue weighted by Crippen LogP contribution is 2.35. The SMILES string of the molecule is COc1cc(CC(=O)N[C@@H]2CCSc3ccccc32)ccc1C. The zero-order chi connectivity index (χ0) is 16.2. The number of fused-ring (bicyclic) bond motifs is 1. The van der Waals surface area contributed by atoms with Crippen LogP contribution in [0.4, 0.5) is 0 Å². The van der Waals surface area contributed by atoms with Gasteiger partial charge < -0.3 is 10.1 Å². The first-order chi connectivity index (χ1) is 11.2. The Labute approximate surface area is 141 Å². The Balaban J connectivity index is 1.69. The second-order valence-corrected chi connectivity index (χ2v) is 6.91. The summed E-state index contributed by atoms with van der Waals surface area (Å²) in [6.45, 7) is 2.00. The first-order valence-corrected chi connectivity index (χ1v) is 8.80. The van der Waals surface area contributed by atoms with E-state index in [9.17, 15) is 4.79 Å². The average Bonchev–Trinajstić information content (AvgIpc) is 2.57. The minimum Gasteiger partial charge on any atom is -0.496 e. The third-order valence-electron chi connectivity index (χ3n) is 4.13. The van der Waals surface area contributed by atoms with Crippen LogP contribution in [0.3, 0.4) is 0 Å². The maximum absolute atomic E-state index is 12.4. The van der Waals surface area contributed by atoms with Crippen molar-refractivity contribution in [2.75, 3.05) is 12.9 Å². The Kier molecular flexibility index (Phi) is 4.91. The van der Waals surface area contributed by atoms with E-state index in [1.54, 1.807) is 7.11 Å². The molecule has 2 aromatic carbocycles. The van der Waals surface area contributed by atoms with Gasteiger partial charge in [-0.3, -0.25) is 4.79 Å². The van der Waals surface area contributed by atoms with E-state index in [2.05, 4.69) is 23.5 Å². The maximum atomic E-state index is 12.4. The molecule has 1 aliphatic heterocycles. The number of benzene rings is 2. The Hall–Kier alpha value is -1.94. The van der Waals surface area contributed by atoms with Crippen molar-refractivity contribution in [3.63, 3.8) is 0 Å². The summed E-state index contributed by atoms with van der Waals surface area (Å²) in [5, 5.41) is 3.18. The number of aryl methyl sites for hydroxylation is 1. The molecule has 3 nitrogen and oxygen atoms in total. The summed E-state index contributed by atoms with van der Waals surface area (Å²) in [7, 11) is 1.66. The van der Waals surface area contributed by atoms with Gasteiger partial charge in [0.2, 0.25) is 5.91 Å². The fourth-order valence-corrected chi connectivity index (χ4v) is 4.02. The third kappa shape index (κ3) is 3.70. The van der Waals surface area contributed by atoms with Crippen LogP contribution in [0.2, 0.25) is 0 Å². The average molecular weight is 327 g/mol. The van der Waals surface area contributed by atoms with Gasteiger partial charge in [0.15, 0.2) is 0 Å². The molecule has 1 atom stereocenters. The zero-order valence-electron chi connectivity index (χ0n) is 13.5. The predicted octanol–water partition coefficient (Wildman–Crippen LogP) is 3.90. The van der Waals surface area contributed by atoms with Crippen LogP contribution in [0.25, 0.3) is 0 Å². The fraction of sp³-hybridized carbons (Fsp3) is 0.316. The molecular formula is C19H21NO2S. The van der Waals surface area contributed by atoms with Gasteiger partial charge in [0.1, 0.15) is 5.75 Å². The topological polar surface area (TPSA) is 38.3 Å². The monoisotopic (exact) mass is 327 g/mol. The van der Waals surface area contributed by atoms with Gasteiger partial charge >= 0.3 is 0 Å². The van der Waals surface area contributed by atoms with Crippen molar-refractivity contribution in [2.45, 2.75) is 30.7 Å². The van der Waals surface area contributed by atoms with Gasteiger partial charge in [0.25, 0.3) is 0 Å². The van der Waals surface area contributed by atoms with Gasteiger partial charge in [-0.05, 0) is 42.2 Å². The molecule has 0 radical (unpaired) electrons. The summed E-state index contributed by atoms with van der Waals surface area (Å²) >= 11 is 1.86. The first-order valence-electron chi connectivity index (χ1n) is 7.82. The Morgan fingerprint density at radius 3 is 2.96 bits per heavy atom. The van der Waals surface area contributed by atoms with Crippen LogP contribution < -0.4 is 10.1 Å². The van der Waals surface area contributed by atoms with Crippen molar-refractivity contribution < 1.29 is 9.53 Å². The lowest BCUT2D eigenvalue weighted by molar-refractivity contribution is -0.121.